The first-order chi connectivity index (χ1) is 11.2. The third-order valence-electron chi connectivity index (χ3n) is 4.19. The molecule has 0 unspecified atom stereocenters. The maximum atomic E-state index is 6.42. The zero-order valence-electron chi connectivity index (χ0n) is 13.0. The van der Waals surface area contributed by atoms with Crippen LogP contribution in [0.2, 0.25) is 0 Å². The van der Waals surface area contributed by atoms with Gasteiger partial charge in [0.1, 0.15) is 0 Å². The maximum absolute atomic E-state index is 6.42. The molecule has 4 rings (SSSR count). The molecule has 4 heteroatoms. The first-order valence-electron chi connectivity index (χ1n) is 7.35. The minimum absolute atomic E-state index is 0.645. The number of nitrogens with zero attached hydrogens (tertiary/aromatic N) is 1. The van der Waals surface area contributed by atoms with Crippen LogP contribution >= 0.6 is 0 Å². The molecule has 0 spiro atoms. The van der Waals surface area contributed by atoms with Crippen molar-refractivity contribution in [3.05, 3.63) is 48.5 Å². The molecule has 1 heterocycles. The van der Waals surface area contributed by atoms with Crippen LogP contribution < -0.4 is 15.2 Å². The van der Waals surface area contributed by atoms with Gasteiger partial charge in [0.25, 0.3) is 0 Å². The molecule has 0 fully saturated rings. The fourth-order valence-electron chi connectivity index (χ4n) is 2.99. The summed E-state index contributed by atoms with van der Waals surface area (Å²) in [5, 5.41) is 4.11. The third kappa shape index (κ3) is 2.03. The van der Waals surface area contributed by atoms with Gasteiger partial charge in [0.2, 0.25) is 0 Å². The van der Waals surface area contributed by atoms with Crippen LogP contribution in [0.15, 0.2) is 48.5 Å². The SMILES string of the molecule is COc1cc2nc3cc4ccccc4cc3c(N)c2cc1OC. The summed E-state index contributed by atoms with van der Waals surface area (Å²) in [5.74, 6) is 1.29. The smallest absolute Gasteiger partial charge is 0.162 e. The summed E-state index contributed by atoms with van der Waals surface area (Å²) in [6.07, 6.45) is 0. The molecule has 0 amide bonds. The summed E-state index contributed by atoms with van der Waals surface area (Å²) in [5.41, 5.74) is 8.80. The van der Waals surface area contributed by atoms with Crippen LogP contribution in [0.1, 0.15) is 0 Å². The molecule has 0 aliphatic rings. The summed E-state index contributed by atoms with van der Waals surface area (Å²) < 4.78 is 10.7. The van der Waals surface area contributed by atoms with Gasteiger partial charge in [-0.25, -0.2) is 4.98 Å². The lowest BCUT2D eigenvalue weighted by molar-refractivity contribution is 0.356. The molecule has 3 aromatic carbocycles. The molecular weight excluding hydrogens is 288 g/mol. The predicted molar refractivity (Wildman–Crippen MR) is 94.3 cm³/mol. The lowest BCUT2D eigenvalue weighted by Crippen LogP contribution is -1.96. The van der Waals surface area contributed by atoms with Gasteiger partial charge in [0.05, 0.1) is 30.9 Å². The third-order valence-corrected chi connectivity index (χ3v) is 4.19. The molecule has 0 aliphatic heterocycles. The van der Waals surface area contributed by atoms with Crippen LogP contribution in [0, 0.1) is 0 Å². The van der Waals surface area contributed by atoms with E-state index in [0.29, 0.717) is 17.2 Å². The Morgan fingerprint density at radius 2 is 1.35 bits per heavy atom. The van der Waals surface area contributed by atoms with Crippen molar-refractivity contribution in [3.8, 4) is 11.5 Å². The van der Waals surface area contributed by atoms with Gasteiger partial charge < -0.3 is 15.2 Å². The molecule has 0 radical (unpaired) electrons. The number of pyridine rings is 1. The number of hydrogen-bond donors (Lipinski definition) is 1. The molecule has 0 saturated heterocycles. The lowest BCUT2D eigenvalue weighted by atomic mass is 10.0. The van der Waals surface area contributed by atoms with Crippen molar-refractivity contribution in [2.45, 2.75) is 0 Å². The second-order valence-electron chi connectivity index (χ2n) is 5.47. The van der Waals surface area contributed by atoms with Gasteiger partial charge >= 0.3 is 0 Å². The van der Waals surface area contributed by atoms with Gasteiger partial charge in [-0.2, -0.15) is 0 Å². The highest BCUT2D eigenvalue weighted by Gasteiger charge is 2.12. The minimum atomic E-state index is 0.645. The van der Waals surface area contributed by atoms with Gasteiger partial charge in [0.15, 0.2) is 11.5 Å². The van der Waals surface area contributed by atoms with E-state index in [4.69, 9.17) is 20.2 Å². The van der Waals surface area contributed by atoms with E-state index in [9.17, 15) is 0 Å². The quantitative estimate of drug-likeness (QED) is 0.565. The van der Waals surface area contributed by atoms with E-state index in [1.54, 1.807) is 14.2 Å². The van der Waals surface area contributed by atoms with Crippen molar-refractivity contribution >= 4 is 38.3 Å². The maximum Gasteiger partial charge on any atom is 0.162 e. The number of rotatable bonds is 2. The van der Waals surface area contributed by atoms with Crippen molar-refractivity contribution < 1.29 is 9.47 Å². The first kappa shape index (κ1) is 13.6. The average molecular weight is 304 g/mol. The Kier molecular flexibility index (Phi) is 2.98. The normalized spacial score (nSPS) is 11.2. The molecular formula is C19H16N2O2. The Morgan fingerprint density at radius 1 is 0.783 bits per heavy atom. The molecule has 0 bridgehead atoms. The summed E-state index contributed by atoms with van der Waals surface area (Å²) in [6.45, 7) is 0. The standard InChI is InChI=1S/C19H16N2O2/c1-22-17-9-14-16(10-18(17)23-2)21-15-8-12-6-4-3-5-11(12)7-13(15)19(14)20/h3-10H,1-2H3,(H2,20,21). The van der Waals surface area contributed by atoms with E-state index in [0.717, 1.165) is 32.6 Å². The lowest BCUT2D eigenvalue weighted by Gasteiger charge is -2.12. The number of nitrogens with two attached hydrogens (primary N) is 1. The van der Waals surface area contributed by atoms with Gasteiger partial charge in [-0.3, -0.25) is 0 Å². The van der Waals surface area contributed by atoms with Gasteiger partial charge in [-0.05, 0) is 29.0 Å². The van der Waals surface area contributed by atoms with Gasteiger partial charge in [0, 0.05) is 16.8 Å². The molecule has 0 atom stereocenters. The van der Waals surface area contributed by atoms with Crippen LogP contribution in [-0.4, -0.2) is 19.2 Å². The number of fused-ring (bicyclic) bond motifs is 3. The monoisotopic (exact) mass is 304 g/mol. The number of aromatic nitrogens is 1. The first-order valence-corrected chi connectivity index (χ1v) is 7.35. The second kappa shape index (κ2) is 5.02. The molecule has 4 aromatic rings. The number of anilines is 1. The minimum Gasteiger partial charge on any atom is -0.493 e. The zero-order valence-corrected chi connectivity index (χ0v) is 13.0. The van der Waals surface area contributed by atoms with Crippen molar-refractivity contribution in [2.24, 2.45) is 0 Å². The molecule has 4 nitrogen and oxygen atoms in total. The molecule has 0 saturated carbocycles. The average Bonchev–Trinajstić information content (AvgIpc) is 2.59. The van der Waals surface area contributed by atoms with Crippen molar-refractivity contribution in [3.63, 3.8) is 0 Å². The zero-order chi connectivity index (χ0) is 16.0. The molecule has 23 heavy (non-hydrogen) atoms. The predicted octanol–water partition coefficient (Wildman–Crippen LogP) is 4.14. The van der Waals surface area contributed by atoms with Crippen LogP contribution in [0.3, 0.4) is 0 Å². The summed E-state index contributed by atoms with van der Waals surface area (Å²) in [7, 11) is 3.23. The number of nitrogen functional groups attached to an aromatic ring is 1. The van der Waals surface area contributed by atoms with Gasteiger partial charge in [-0.15, -0.1) is 0 Å². The largest absolute Gasteiger partial charge is 0.493 e. The van der Waals surface area contributed by atoms with E-state index in [-0.39, 0.29) is 0 Å². The Balaban J connectivity index is 2.14. The Bertz CT molecular complexity index is 1060. The van der Waals surface area contributed by atoms with Crippen LogP contribution in [-0.2, 0) is 0 Å². The number of methoxy groups -OCH3 is 2. The van der Waals surface area contributed by atoms with E-state index >= 15 is 0 Å². The molecule has 114 valence electrons. The van der Waals surface area contributed by atoms with E-state index in [1.165, 1.54) is 0 Å². The number of ether oxygens (including phenoxy) is 2. The topological polar surface area (TPSA) is 57.4 Å². The number of benzene rings is 3. The highest BCUT2D eigenvalue weighted by Crippen LogP contribution is 2.37. The van der Waals surface area contributed by atoms with Crippen LogP contribution in [0.5, 0.6) is 11.5 Å². The summed E-state index contributed by atoms with van der Waals surface area (Å²) in [4.78, 5) is 4.76. The van der Waals surface area contributed by atoms with E-state index in [1.807, 2.05) is 24.3 Å². The summed E-state index contributed by atoms with van der Waals surface area (Å²) >= 11 is 0. The van der Waals surface area contributed by atoms with Crippen molar-refractivity contribution in [1.29, 1.82) is 0 Å². The fourth-order valence-corrected chi connectivity index (χ4v) is 2.99. The second-order valence-corrected chi connectivity index (χ2v) is 5.47. The Labute approximate surface area is 133 Å². The molecule has 0 aliphatic carbocycles. The van der Waals surface area contributed by atoms with E-state index < -0.39 is 0 Å². The fraction of sp³-hybridized carbons (Fsp3) is 0.105. The number of hydrogen-bond acceptors (Lipinski definition) is 4. The highest BCUT2D eigenvalue weighted by molar-refractivity contribution is 6.11. The Hall–Kier alpha value is -3.01. The van der Waals surface area contributed by atoms with Gasteiger partial charge in [-0.1, -0.05) is 24.3 Å². The van der Waals surface area contributed by atoms with Crippen molar-refractivity contribution in [1.82, 2.24) is 4.98 Å². The Morgan fingerprint density at radius 3 is 2.04 bits per heavy atom. The van der Waals surface area contributed by atoms with E-state index in [2.05, 4.69) is 24.3 Å². The van der Waals surface area contributed by atoms with Crippen molar-refractivity contribution in [2.75, 3.05) is 20.0 Å². The van der Waals surface area contributed by atoms with Crippen LogP contribution in [0.25, 0.3) is 32.6 Å². The molecule has 2 N–H and O–H groups in total. The molecule has 1 aromatic heterocycles. The highest BCUT2D eigenvalue weighted by atomic mass is 16.5. The van der Waals surface area contributed by atoms with Crippen LogP contribution in [0.4, 0.5) is 5.69 Å². The summed E-state index contributed by atoms with van der Waals surface area (Å²) in [6, 6.07) is 16.1.